The predicted molar refractivity (Wildman–Crippen MR) is 84.1 cm³/mol. The van der Waals surface area contributed by atoms with Gasteiger partial charge in [0.15, 0.2) is 0 Å². The van der Waals surface area contributed by atoms with Crippen LogP contribution in [0.5, 0.6) is 11.5 Å². The topological polar surface area (TPSA) is 71.5 Å². The third-order valence-electron chi connectivity index (χ3n) is 4.92. The minimum absolute atomic E-state index is 0.0201. The van der Waals surface area contributed by atoms with E-state index < -0.39 is 0 Å². The number of para-hydroxylation sites is 1. The number of fused-ring (bicyclic) bond motifs is 2. The van der Waals surface area contributed by atoms with E-state index in [9.17, 15) is 9.90 Å². The molecule has 2 atom stereocenters. The predicted octanol–water partition coefficient (Wildman–Crippen LogP) is 2.14. The minimum atomic E-state index is -0.0783. The smallest absolute Gasteiger partial charge is 0.224 e. The molecular formula is C18H18N2O3. The molecule has 4 rings (SSSR count). The fraction of sp³-hybridized carbons (Fsp3) is 0.333. The van der Waals surface area contributed by atoms with Crippen molar-refractivity contribution in [2.24, 2.45) is 5.92 Å². The van der Waals surface area contributed by atoms with Crippen molar-refractivity contribution in [1.82, 2.24) is 10.3 Å². The first-order chi connectivity index (χ1) is 11.2. The van der Waals surface area contributed by atoms with Gasteiger partial charge >= 0.3 is 0 Å². The zero-order chi connectivity index (χ0) is 15.9. The van der Waals surface area contributed by atoms with Crippen LogP contribution in [-0.2, 0) is 16.8 Å². The van der Waals surface area contributed by atoms with E-state index in [1.165, 1.54) is 0 Å². The van der Waals surface area contributed by atoms with Gasteiger partial charge in [-0.15, -0.1) is 0 Å². The molecule has 1 fully saturated rings. The molecule has 1 aliphatic heterocycles. The van der Waals surface area contributed by atoms with Gasteiger partial charge in [-0.1, -0.05) is 18.2 Å². The van der Waals surface area contributed by atoms with Crippen LogP contribution in [0, 0.1) is 5.92 Å². The van der Waals surface area contributed by atoms with Gasteiger partial charge in [0.05, 0.1) is 13.2 Å². The summed E-state index contributed by atoms with van der Waals surface area (Å²) in [5.74, 6) is 0.997. The van der Waals surface area contributed by atoms with Crippen LogP contribution in [0.25, 0.3) is 0 Å². The summed E-state index contributed by atoms with van der Waals surface area (Å²) in [6, 6.07) is 11.2. The van der Waals surface area contributed by atoms with Crippen LogP contribution >= 0.6 is 0 Å². The van der Waals surface area contributed by atoms with Gasteiger partial charge in [-0.25, -0.2) is 0 Å². The largest absolute Gasteiger partial charge is 0.506 e. The Morgan fingerprint density at radius 3 is 3.09 bits per heavy atom. The molecule has 2 N–H and O–H groups in total. The number of rotatable bonds is 3. The molecule has 0 saturated heterocycles. The molecule has 5 heteroatoms. The van der Waals surface area contributed by atoms with Crippen LogP contribution in [0.1, 0.15) is 24.1 Å². The highest BCUT2D eigenvalue weighted by Gasteiger charge is 2.60. The van der Waals surface area contributed by atoms with E-state index in [1.807, 2.05) is 18.2 Å². The molecule has 5 nitrogen and oxygen atoms in total. The lowest BCUT2D eigenvalue weighted by atomic mass is 9.87. The minimum Gasteiger partial charge on any atom is -0.506 e. The van der Waals surface area contributed by atoms with Crippen LogP contribution in [-0.4, -0.2) is 22.6 Å². The fourth-order valence-corrected chi connectivity index (χ4v) is 3.56. The number of carbonyl (C=O) groups is 1. The lowest BCUT2D eigenvalue weighted by Crippen LogP contribution is -2.30. The van der Waals surface area contributed by atoms with Gasteiger partial charge < -0.3 is 15.2 Å². The standard InChI is InChI=1S/C18H18N2O3/c21-15-5-3-8-19-14(15)11-20-17(22)13-10-18(13)7-9-23-16-6-2-1-4-12(16)18/h1-6,8,13,21H,7,9-11H2,(H,20,22)/t13-,18-/m1/s1. The Bertz CT molecular complexity index is 761. The Hall–Kier alpha value is -2.56. The highest BCUT2D eigenvalue weighted by molar-refractivity contribution is 5.84. The molecule has 2 heterocycles. The molecule has 2 aliphatic rings. The zero-order valence-electron chi connectivity index (χ0n) is 12.7. The molecule has 1 aromatic heterocycles. The molecule has 1 aliphatic carbocycles. The number of aromatic hydroxyl groups is 1. The molecule has 118 valence electrons. The highest BCUT2D eigenvalue weighted by atomic mass is 16.5. The van der Waals surface area contributed by atoms with Crippen LogP contribution in [0.15, 0.2) is 42.6 Å². The molecule has 1 spiro atoms. The number of amides is 1. The summed E-state index contributed by atoms with van der Waals surface area (Å²) in [5, 5.41) is 12.6. The van der Waals surface area contributed by atoms with Crippen molar-refractivity contribution in [2.75, 3.05) is 6.61 Å². The van der Waals surface area contributed by atoms with E-state index in [4.69, 9.17) is 4.74 Å². The number of benzene rings is 1. The maximum absolute atomic E-state index is 12.5. The lowest BCUT2D eigenvalue weighted by Gasteiger charge is -2.26. The SMILES string of the molecule is O=C(NCc1ncccc1O)[C@H]1C[C@@]12CCOc1ccccc12. The van der Waals surface area contributed by atoms with E-state index in [-0.39, 0.29) is 29.5 Å². The second-order valence-electron chi connectivity index (χ2n) is 6.19. The first kappa shape index (κ1) is 14.1. The lowest BCUT2D eigenvalue weighted by molar-refractivity contribution is -0.123. The highest BCUT2D eigenvalue weighted by Crippen LogP contribution is 2.60. The van der Waals surface area contributed by atoms with E-state index in [0.717, 1.165) is 24.2 Å². The number of hydrogen-bond donors (Lipinski definition) is 2. The Morgan fingerprint density at radius 1 is 1.35 bits per heavy atom. The van der Waals surface area contributed by atoms with Gasteiger partial charge in [0.25, 0.3) is 0 Å². The Kier molecular flexibility index (Phi) is 3.22. The number of nitrogens with one attached hydrogen (secondary N) is 1. The summed E-state index contributed by atoms with van der Waals surface area (Å²) in [7, 11) is 0. The second-order valence-corrected chi connectivity index (χ2v) is 6.19. The maximum atomic E-state index is 12.5. The Balaban J connectivity index is 1.47. The normalized spacial score (nSPS) is 24.6. The number of aromatic nitrogens is 1. The van der Waals surface area contributed by atoms with Gasteiger partial charge in [0, 0.05) is 23.1 Å². The van der Waals surface area contributed by atoms with Crippen molar-refractivity contribution in [2.45, 2.75) is 24.8 Å². The number of carbonyl (C=O) groups excluding carboxylic acids is 1. The third kappa shape index (κ3) is 2.32. The monoisotopic (exact) mass is 310 g/mol. The van der Waals surface area contributed by atoms with Crippen molar-refractivity contribution in [3.8, 4) is 11.5 Å². The van der Waals surface area contributed by atoms with E-state index in [2.05, 4.69) is 16.4 Å². The number of nitrogens with zero attached hydrogens (tertiary/aromatic N) is 1. The maximum Gasteiger partial charge on any atom is 0.224 e. The number of hydrogen-bond acceptors (Lipinski definition) is 4. The Morgan fingerprint density at radius 2 is 2.22 bits per heavy atom. The van der Waals surface area contributed by atoms with E-state index in [1.54, 1.807) is 18.3 Å². The second kappa shape index (κ2) is 5.26. The summed E-state index contributed by atoms with van der Waals surface area (Å²) < 4.78 is 5.70. The molecule has 0 unspecified atom stereocenters. The van der Waals surface area contributed by atoms with Gasteiger partial charge in [-0.3, -0.25) is 9.78 Å². The van der Waals surface area contributed by atoms with Crippen molar-refractivity contribution in [3.63, 3.8) is 0 Å². The van der Waals surface area contributed by atoms with Crippen molar-refractivity contribution >= 4 is 5.91 Å². The fourth-order valence-electron chi connectivity index (χ4n) is 3.56. The molecule has 0 bridgehead atoms. The third-order valence-corrected chi connectivity index (χ3v) is 4.92. The quantitative estimate of drug-likeness (QED) is 0.911. The molecular weight excluding hydrogens is 292 g/mol. The first-order valence-corrected chi connectivity index (χ1v) is 7.83. The number of ether oxygens (including phenoxy) is 1. The summed E-state index contributed by atoms with van der Waals surface area (Å²) >= 11 is 0. The van der Waals surface area contributed by atoms with Crippen LogP contribution in [0.2, 0.25) is 0 Å². The molecule has 23 heavy (non-hydrogen) atoms. The molecule has 1 aromatic carbocycles. The van der Waals surface area contributed by atoms with Crippen LogP contribution in [0.3, 0.4) is 0 Å². The summed E-state index contributed by atoms with van der Waals surface area (Å²) in [6.45, 7) is 0.901. The van der Waals surface area contributed by atoms with Crippen LogP contribution < -0.4 is 10.1 Å². The van der Waals surface area contributed by atoms with Crippen molar-refractivity contribution < 1.29 is 14.6 Å². The molecule has 1 saturated carbocycles. The van der Waals surface area contributed by atoms with E-state index in [0.29, 0.717) is 12.3 Å². The average molecular weight is 310 g/mol. The molecule has 2 aromatic rings. The van der Waals surface area contributed by atoms with Gasteiger partial charge in [0.2, 0.25) is 5.91 Å². The summed E-state index contributed by atoms with van der Waals surface area (Å²) in [4.78, 5) is 16.6. The van der Waals surface area contributed by atoms with Gasteiger partial charge in [0.1, 0.15) is 17.2 Å². The average Bonchev–Trinajstić information content (AvgIpc) is 3.29. The Labute approximate surface area is 134 Å². The van der Waals surface area contributed by atoms with Crippen molar-refractivity contribution in [3.05, 3.63) is 53.9 Å². The van der Waals surface area contributed by atoms with E-state index >= 15 is 0 Å². The van der Waals surface area contributed by atoms with Crippen molar-refractivity contribution in [1.29, 1.82) is 0 Å². The van der Waals surface area contributed by atoms with Gasteiger partial charge in [-0.05, 0) is 31.0 Å². The summed E-state index contributed by atoms with van der Waals surface area (Å²) in [6.07, 6.45) is 3.33. The first-order valence-electron chi connectivity index (χ1n) is 7.83. The molecule has 1 amide bonds. The van der Waals surface area contributed by atoms with Crippen LogP contribution in [0.4, 0.5) is 0 Å². The molecule has 0 radical (unpaired) electrons. The van der Waals surface area contributed by atoms with Gasteiger partial charge in [-0.2, -0.15) is 0 Å². The zero-order valence-corrected chi connectivity index (χ0v) is 12.7. The number of pyridine rings is 1. The summed E-state index contributed by atoms with van der Waals surface area (Å²) in [5.41, 5.74) is 1.56.